The molecule has 0 saturated heterocycles. The Labute approximate surface area is 136 Å². The number of furan rings is 1. The molecule has 3 aromatic rings. The largest absolute Gasteiger partial charge is 0.461 e. The van der Waals surface area contributed by atoms with E-state index in [1.165, 1.54) is 11.6 Å². The summed E-state index contributed by atoms with van der Waals surface area (Å²) in [6.07, 6.45) is 3.17. The Morgan fingerprint density at radius 1 is 1.39 bits per heavy atom. The van der Waals surface area contributed by atoms with Crippen molar-refractivity contribution in [2.75, 3.05) is 0 Å². The number of nitrogens with one attached hydrogen (secondary N) is 1. The second-order valence-electron chi connectivity index (χ2n) is 4.55. The zero-order chi connectivity index (χ0) is 16.2. The summed E-state index contributed by atoms with van der Waals surface area (Å²) >= 11 is 5.16. The summed E-state index contributed by atoms with van der Waals surface area (Å²) in [5.41, 5.74) is 0.814. The number of nitrogens with zero attached hydrogens (tertiary/aromatic N) is 3. The van der Waals surface area contributed by atoms with E-state index in [1.54, 1.807) is 48.9 Å². The maximum absolute atomic E-state index is 10.9. The van der Waals surface area contributed by atoms with Crippen LogP contribution < -0.4 is 4.74 Å². The number of aromatic amines is 1. The molecule has 8 heteroatoms. The van der Waals surface area contributed by atoms with Gasteiger partial charge in [0.1, 0.15) is 5.75 Å². The first-order valence-electron chi connectivity index (χ1n) is 6.67. The number of ether oxygens (including phenoxy) is 1. The van der Waals surface area contributed by atoms with Gasteiger partial charge in [0.05, 0.1) is 12.5 Å². The molecule has 2 aromatic heterocycles. The third kappa shape index (κ3) is 3.43. The van der Waals surface area contributed by atoms with Crippen LogP contribution in [0.2, 0.25) is 0 Å². The van der Waals surface area contributed by atoms with E-state index in [9.17, 15) is 4.79 Å². The first kappa shape index (κ1) is 14.9. The molecule has 3 rings (SSSR count). The zero-order valence-electron chi connectivity index (χ0n) is 12.1. The molecule has 0 atom stereocenters. The first-order chi connectivity index (χ1) is 11.1. The highest BCUT2D eigenvalue weighted by Crippen LogP contribution is 2.17. The van der Waals surface area contributed by atoms with Gasteiger partial charge in [-0.15, -0.1) is 5.10 Å². The summed E-state index contributed by atoms with van der Waals surface area (Å²) in [6.45, 7) is 1.35. The molecule has 23 heavy (non-hydrogen) atoms. The predicted octanol–water partition coefficient (Wildman–Crippen LogP) is 3.01. The molecule has 0 aliphatic rings. The molecule has 0 radical (unpaired) electrons. The maximum Gasteiger partial charge on any atom is 0.308 e. The van der Waals surface area contributed by atoms with E-state index in [1.807, 2.05) is 0 Å². The highest BCUT2D eigenvalue weighted by Gasteiger charge is 2.10. The molecule has 0 unspecified atom stereocenters. The zero-order valence-corrected chi connectivity index (χ0v) is 12.9. The van der Waals surface area contributed by atoms with Crippen molar-refractivity contribution in [2.45, 2.75) is 6.92 Å². The molecular weight excluding hydrogens is 316 g/mol. The van der Waals surface area contributed by atoms with Crippen LogP contribution in [0.1, 0.15) is 12.5 Å². The standard InChI is InChI=1S/C15H12N4O3S/c1-10(20)22-12-6-4-11(5-7-12)9-16-19-14(17-18-15(19)23)13-3-2-8-21-13/h2-9H,1H3,(H,18,23)/b16-9-. The Morgan fingerprint density at radius 3 is 2.83 bits per heavy atom. The molecule has 1 aromatic carbocycles. The molecule has 116 valence electrons. The molecule has 0 bridgehead atoms. The van der Waals surface area contributed by atoms with Gasteiger partial charge in [-0.05, 0) is 54.2 Å². The van der Waals surface area contributed by atoms with Crippen LogP contribution in [-0.4, -0.2) is 27.1 Å². The second-order valence-corrected chi connectivity index (χ2v) is 4.94. The lowest BCUT2D eigenvalue weighted by Crippen LogP contribution is -2.01. The Kier molecular flexibility index (Phi) is 4.15. The van der Waals surface area contributed by atoms with Gasteiger partial charge in [-0.25, -0.2) is 5.10 Å². The number of esters is 1. The number of aromatic nitrogens is 3. The van der Waals surface area contributed by atoms with Crippen LogP contribution in [0, 0.1) is 4.77 Å². The topological polar surface area (TPSA) is 85.4 Å². The summed E-state index contributed by atoms with van der Waals surface area (Å²) < 4.78 is 12.1. The molecule has 0 saturated carbocycles. The third-order valence-electron chi connectivity index (χ3n) is 2.86. The molecule has 0 aliphatic heterocycles. The van der Waals surface area contributed by atoms with Crippen LogP contribution in [0.15, 0.2) is 52.2 Å². The minimum atomic E-state index is -0.362. The summed E-state index contributed by atoms with van der Waals surface area (Å²) in [5.74, 6) is 1.15. The normalized spacial score (nSPS) is 11.0. The highest BCUT2D eigenvalue weighted by molar-refractivity contribution is 7.71. The van der Waals surface area contributed by atoms with Crippen LogP contribution in [0.5, 0.6) is 5.75 Å². The highest BCUT2D eigenvalue weighted by atomic mass is 32.1. The third-order valence-corrected chi connectivity index (χ3v) is 3.12. The minimum absolute atomic E-state index is 0.351. The molecule has 0 spiro atoms. The van der Waals surface area contributed by atoms with Crippen molar-refractivity contribution in [3.05, 3.63) is 53.0 Å². The van der Waals surface area contributed by atoms with E-state index in [0.29, 0.717) is 22.1 Å². The van der Waals surface area contributed by atoms with Crippen LogP contribution in [0.3, 0.4) is 0 Å². The van der Waals surface area contributed by atoms with Gasteiger partial charge in [-0.2, -0.15) is 9.78 Å². The summed E-state index contributed by atoms with van der Waals surface area (Å²) in [7, 11) is 0. The fourth-order valence-electron chi connectivity index (χ4n) is 1.88. The number of H-pyrrole nitrogens is 1. The average Bonchev–Trinajstić information content (AvgIpc) is 3.16. The first-order valence-corrected chi connectivity index (χ1v) is 7.08. The van der Waals surface area contributed by atoms with E-state index in [-0.39, 0.29) is 5.97 Å². The van der Waals surface area contributed by atoms with Crippen LogP contribution in [0.25, 0.3) is 11.6 Å². The Morgan fingerprint density at radius 2 is 2.17 bits per heavy atom. The Balaban J connectivity index is 1.85. The van der Waals surface area contributed by atoms with Gasteiger partial charge in [0, 0.05) is 6.92 Å². The fraction of sp³-hybridized carbons (Fsp3) is 0.0667. The SMILES string of the molecule is CC(=O)Oc1ccc(/C=N\n2c(-c3ccco3)n[nH]c2=S)cc1. The minimum Gasteiger partial charge on any atom is -0.461 e. The number of benzene rings is 1. The van der Waals surface area contributed by atoms with Gasteiger partial charge < -0.3 is 9.15 Å². The number of carbonyl (C=O) groups excluding carboxylic acids is 1. The smallest absolute Gasteiger partial charge is 0.308 e. The molecule has 0 fully saturated rings. The number of hydrogen-bond donors (Lipinski definition) is 1. The van der Waals surface area contributed by atoms with E-state index in [2.05, 4.69) is 15.3 Å². The average molecular weight is 328 g/mol. The summed E-state index contributed by atoms with van der Waals surface area (Å²) in [4.78, 5) is 10.9. The molecule has 0 amide bonds. The van der Waals surface area contributed by atoms with Crippen molar-refractivity contribution in [2.24, 2.45) is 5.10 Å². The predicted molar refractivity (Wildman–Crippen MR) is 85.9 cm³/mol. The van der Waals surface area contributed by atoms with Crippen molar-refractivity contribution in [3.8, 4) is 17.3 Å². The molecule has 2 heterocycles. The van der Waals surface area contributed by atoms with Gasteiger partial charge in [0.25, 0.3) is 0 Å². The molecule has 7 nitrogen and oxygen atoms in total. The summed E-state index contributed by atoms with van der Waals surface area (Å²) in [5, 5.41) is 11.1. The number of hydrogen-bond acceptors (Lipinski definition) is 6. The maximum atomic E-state index is 10.9. The molecule has 0 aliphatic carbocycles. The lowest BCUT2D eigenvalue weighted by atomic mass is 10.2. The molecule has 1 N–H and O–H groups in total. The molecular formula is C15H12N4O3S. The van der Waals surface area contributed by atoms with Crippen LogP contribution in [-0.2, 0) is 4.79 Å². The van der Waals surface area contributed by atoms with Crippen molar-refractivity contribution >= 4 is 24.4 Å². The van der Waals surface area contributed by atoms with Gasteiger partial charge in [-0.1, -0.05) is 0 Å². The van der Waals surface area contributed by atoms with E-state index < -0.39 is 0 Å². The summed E-state index contributed by atoms with van der Waals surface area (Å²) in [6, 6.07) is 10.4. The van der Waals surface area contributed by atoms with Gasteiger partial charge in [0.2, 0.25) is 10.6 Å². The van der Waals surface area contributed by atoms with Crippen molar-refractivity contribution in [1.29, 1.82) is 0 Å². The van der Waals surface area contributed by atoms with Crippen LogP contribution >= 0.6 is 12.2 Å². The Bertz CT molecular complexity index is 892. The lowest BCUT2D eigenvalue weighted by molar-refractivity contribution is -0.131. The van der Waals surface area contributed by atoms with Gasteiger partial charge in [0.15, 0.2) is 5.76 Å². The van der Waals surface area contributed by atoms with E-state index in [4.69, 9.17) is 21.4 Å². The number of rotatable bonds is 4. The van der Waals surface area contributed by atoms with Crippen LogP contribution in [0.4, 0.5) is 0 Å². The van der Waals surface area contributed by atoms with Crippen molar-refractivity contribution in [3.63, 3.8) is 0 Å². The monoisotopic (exact) mass is 328 g/mol. The van der Waals surface area contributed by atoms with Gasteiger partial charge >= 0.3 is 5.97 Å². The Hall–Kier alpha value is -3.00. The van der Waals surface area contributed by atoms with Crippen molar-refractivity contribution < 1.29 is 13.9 Å². The fourth-order valence-corrected chi connectivity index (χ4v) is 2.06. The van der Waals surface area contributed by atoms with Crippen molar-refractivity contribution in [1.82, 2.24) is 14.9 Å². The number of carbonyl (C=O) groups is 1. The quantitative estimate of drug-likeness (QED) is 0.344. The van der Waals surface area contributed by atoms with E-state index >= 15 is 0 Å². The van der Waals surface area contributed by atoms with Gasteiger partial charge in [-0.3, -0.25) is 4.79 Å². The second kappa shape index (κ2) is 6.41. The van der Waals surface area contributed by atoms with E-state index in [0.717, 1.165) is 5.56 Å². The lowest BCUT2D eigenvalue weighted by Gasteiger charge is -2.01.